The molecule has 2 N–H and O–H groups in total. The van der Waals surface area contributed by atoms with Crippen LogP contribution < -0.4 is 10.6 Å². The van der Waals surface area contributed by atoms with E-state index in [1.165, 1.54) is 6.07 Å². The molecule has 19 heavy (non-hydrogen) atoms. The van der Waals surface area contributed by atoms with Gasteiger partial charge in [0.15, 0.2) is 0 Å². The maximum absolute atomic E-state index is 13.7. The number of fused-ring (bicyclic) bond motifs is 1. The van der Waals surface area contributed by atoms with Gasteiger partial charge in [0.2, 0.25) is 5.91 Å². The zero-order valence-corrected chi connectivity index (χ0v) is 12.9. The van der Waals surface area contributed by atoms with Gasteiger partial charge in [-0.15, -0.1) is 0 Å². The molecule has 1 aliphatic carbocycles. The molecule has 1 saturated carbocycles. The Morgan fingerprint density at radius 3 is 2.95 bits per heavy atom. The van der Waals surface area contributed by atoms with Crippen LogP contribution in [0.1, 0.15) is 32.6 Å². The van der Waals surface area contributed by atoms with E-state index >= 15 is 0 Å². The van der Waals surface area contributed by atoms with Crippen LogP contribution in [0.5, 0.6) is 0 Å². The Morgan fingerprint density at radius 2 is 2.21 bits per heavy atom. The van der Waals surface area contributed by atoms with Gasteiger partial charge >= 0.3 is 0 Å². The van der Waals surface area contributed by atoms with E-state index in [9.17, 15) is 9.18 Å². The third-order valence-corrected chi connectivity index (χ3v) is 4.94. The smallest absolute Gasteiger partial charge is 0.250 e. The highest BCUT2D eigenvalue weighted by Gasteiger charge is 2.44. The fraction of sp³-hybridized carbons (Fsp3) is 0.500. The summed E-state index contributed by atoms with van der Waals surface area (Å²) in [5, 5.41) is 6.24. The van der Waals surface area contributed by atoms with Crippen molar-refractivity contribution in [2.75, 3.05) is 10.6 Å². The van der Waals surface area contributed by atoms with Crippen LogP contribution in [0, 0.1) is 15.3 Å². The predicted octanol–water partition coefficient (Wildman–Crippen LogP) is 3.74. The number of benzene rings is 1. The van der Waals surface area contributed by atoms with Crippen molar-refractivity contribution in [3.63, 3.8) is 0 Å². The molecule has 1 aliphatic heterocycles. The molecule has 0 saturated heterocycles. The maximum Gasteiger partial charge on any atom is 0.250 e. The molecule has 0 radical (unpaired) electrons. The molecule has 3 nitrogen and oxygen atoms in total. The number of carbonyl (C=O) groups excluding carboxylic acids is 1. The average Bonchev–Trinajstić information content (AvgIpc) is 2.34. The standard InChI is InChI=1S/C14H16FIN2O/c1-8-3-2-4-14(7-8)13(19)17-11-6-10(16)9(15)5-12(11)18-14/h5-6,8,18H,2-4,7H2,1H3,(H,17,19). The molecule has 1 aromatic carbocycles. The van der Waals surface area contributed by atoms with Crippen LogP contribution in [-0.2, 0) is 4.79 Å². The lowest BCUT2D eigenvalue weighted by Crippen LogP contribution is -2.54. The number of anilines is 2. The van der Waals surface area contributed by atoms with E-state index in [0.29, 0.717) is 20.9 Å². The SMILES string of the molecule is CC1CCCC2(C1)Nc1cc(F)c(I)cc1NC2=O. The molecule has 3 rings (SSSR count). The van der Waals surface area contributed by atoms with Crippen molar-refractivity contribution in [2.45, 2.75) is 38.1 Å². The Balaban J connectivity index is 1.99. The minimum Gasteiger partial charge on any atom is -0.369 e. The highest BCUT2D eigenvalue weighted by Crippen LogP contribution is 2.41. The number of hydrogen-bond donors (Lipinski definition) is 2. The first-order valence-corrected chi connectivity index (χ1v) is 7.67. The first kappa shape index (κ1) is 13.1. The van der Waals surface area contributed by atoms with Crippen molar-refractivity contribution in [1.82, 2.24) is 0 Å². The Morgan fingerprint density at radius 1 is 1.42 bits per heavy atom. The second-order valence-corrected chi connectivity index (χ2v) is 6.84. The number of halogens is 2. The van der Waals surface area contributed by atoms with E-state index in [1.54, 1.807) is 6.07 Å². The van der Waals surface area contributed by atoms with Crippen LogP contribution in [0.25, 0.3) is 0 Å². The molecule has 102 valence electrons. The van der Waals surface area contributed by atoms with Crippen molar-refractivity contribution in [2.24, 2.45) is 5.92 Å². The molecule has 0 bridgehead atoms. The molecule has 1 aromatic rings. The van der Waals surface area contributed by atoms with Gasteiger partial charge in [0.1, 0.15) is 11.4 Å². The van der Waals surface area contributed by atoms with Crippen molar-refractivity contribution in [3.8, 4) is 0 Å². The fourth-order valence-electron chi connectivity index (χ4n) is 3.18. The molecule has 1 amide bonds. The van der Waals surface area contributed by atoms with Crippen molar-refractivity contribution in [3.05, 3.63) is 21.5 Å². The molecule has 5 heteroatoms. The van der Waals surface area contributed by atoms with Gasteiger partial charge in [-0.1, -0.05) is 19.8 Å². The second-order valence-electron chi connectivity index (χ2n) is 5.67. The molecular formula is C14H16FIN2O. The zero-order chi connectivity index (χ0) is 13.6. The van der Waals surface area contributed by atoms with Crippen LogP contribution >= 0.6 is 22.6 Å². The lowest BCUT2D eigenvalue weighted by Gasteiger charge is -2.43. The van der Waals surface area contributed by atoms with Crippen LogP contribution in [0.2, 0.25) is 0 Å². The van der Waals surface area contributed by atoms with Gasteiger partial charge in [0, 0.05) is 6.07 Å². The third-order valence-electron chi connectivity index (χ3n) is 4.11. The Kier molecular flexibility index (Phi) is 3.19. The number of amides is 1. The molecular weight excluding hydrogens is 358 g/mol. The van der Waals surface area contributed by atoms with Crippen LogP contribution in [0.15, 0.2) is 12.1 Å². The summed E-state index contributed by atoms with van der Waals surface area (Å²) in [5.41, 5.74) is 0.829. The van der Waals surface area contributed by atoms with Gasteiger partial charge in [-0.2, -0.15) is 0 Å². The minimum absolute atomic E-state index is 0.0222. The summed E-state index contributed by atoms with van der Waals surface area (Å²) in [6.07, 6.45) is 3.82. The van der Waals surface area contributed by atoms with Crippen molar-refractivity contribution < 1.29 is 9.18 Å². The van der Waals surface area contributed by atoms with E-state index in [-0.39, 0.29) is 11.7 Å². The highest BCUT2D eigenvalue weighted by molar-refractivity contribution is 14.1. The van der Waals surface area contributed by atoms with E-state index in [1.807, 2.05) is 22.6 Å². The summed E-state index contributed by atoms with van der Waals surface area (Å²) < 4.78 is 14.2. The quantitative estimate of drug-likeness (QED) is 0.680. The summed E-state index contributed by atoms with van der Waals surface area (Å²) in [6, 6.07) is 3.16. The van der Waals surface area contributed by atoms with Gasteiger partial charge in [-0.25, -0.2) is 4.39 Å². The lowest BCUT2D eigenvalue weighted by atomic mass is 9.74. The summed E-state index contributed by atoms with van der Waals surface area (Å²) in [5.74, 6) is 0.290. The van der Waals surface area contributed by atoms with E-state index in [4.69, 9.17) is 0 Å². The van der Waals surface area contributed by atoms with Gasteiger partial charge in [0.25, 0.3) is 0 Å². The number of rotatable bonds is 0. The Hall–Kier alpha value is -0.850. The second kappa shape index (κ2) is 4.61. The molecule has 1 spiro atoms. The van der Waals surface area contributed by atoms with E-state index in [2.05, 4.69) is 17.6 Å². The van der Waals surface area contributed by atoms with E-state index in [0.717, 1.165) is 25.7 Å². The number of carbonyl (C=O) groups is 1. The Bertz CT molecular complexity index is 548. The molecule has 1 fully saturated rings. The minimum atomic E-state index is -0.552. The molecule has 1 heterocycles. The van der Waals surface area contributed by atoms with Crippen LogP contribution in [0.4, 0.5) is 15.8 Å². The normalized spacial score (nSPS) is 29.6. The molecule has 2 aliphatic rings. The van der Waals surface area contributed by atoms with Crippen molar-refractivity contribution >= 4 is 39.9 Å². The summed E-state index contributed by atoms with van der Waals surface area (Å²) in [6.45, 7) is 2.17. The lowest BCUT2D eigenvalue weighted by molar-refractivity contribution is -0.122. The number of nitrogens with one attached hydrogen (secondary N) is 2. The summed E-state index contributed by atoms with van der Waals surface area (Å²) >= 11 is 1.93. The average molecular weight is 374 g/mol. The largest absolute Gasteiger partial charge is 0.369 e. The molecule has 0 aromatic heterocycles. The number of hydrogen-bond acceptors (Lipinski definition) is 2. The van der Waals surface area contributed by atoms with Gasteiger partial charge in [-0.3, -0.25) is 4.79 Å². The maximum atomic E-state index is 13.7. The summed E-state index contributed by atoms with van der Waals surface area (Å²) in [4.78, 5) is 12.4. The third kappa shape index (κ3) is 2.22. The van der Waals surface area contributed by atoms with Crippen LogP contribution in [-0.4, -0.2) is 11.4 Å². The molecule has 2 atom stereocenters. The van der Waals surface area contributed by atoms with Gasteiger partial charge in [-0.05, 0) is 47.4 Å². The van der Waals surface area contributed by atoms with E-state index < -0.39 is 5.54 Å². The zero-order valence-electron chi connectivity index (χ0n) is 10.7. The summed E-state index contributed by atoms with van der Waals surface area (Å²) in [7, 11) is 0. The van der Waals surface area contributed by atoms with Gasteiger partial charge in [0.05, 0.1) is 14.9 Å². The van der Waals surface area contributed by atoms with Crippen LogP contribution in [0.3, 0.4) is 0 Å². The van der Waals surface area contributed by atoms with Crippen molar-refractivity contribution in [1.29, 1.82) is 0 Å². The molecule has 2 unspecified atom stereocenters. The topological polar surface area (TPSA) is 41.1 Å². The van der Waals surface area contributed by atoms with Gasteiger partial charge < -0.3 is 10.6 Å². The Labute approximate surface area is 125 Å². The predicted molar refractivity (Wildman–Crippen MR) is 81.7 cm³/mol. The first-order valence-electron chi connectivity index (χ1n) is 6.59. The highest BCUT2D eigenvalue weighted by atomic mass is 127. The first-order chi connectivity index (χ1) is 9.00. The monoisotopic (exact) mass is 374 g/mol. The fourth-order valence-corrected chi connectivity index (χ4v) is 3.65.